The third-order valence-corrected chi connectivity index (χ3v) is 3.55. The van der Waals surface area contributed by atoms with Crippen molar-refractivity contribution in [2.24, 2.45) is 0 Å². The van der Waals surface area contributed by atoms with Crippen molar-refractivity contribution in [2.75, 3.05) is 6.61 Å². The Morgan fingerprint density at radius 3 is 2.48 bits per heavy atom. The van der Waals surface area contributed by atoms with Gasteiger partial charge in [0.1, 0.15) is 11.5 Å². The molecule has 3 nitrogen and oxygen atoms in total. The number of ether oxygens (including phenoxy) is 2. The molecule has 0 bridgehead atoms. The summed E-state index contributed by atoms with van der Waals surface area (Å²) in [6, 6.07) is 16.1. The summed E-state index contributed by atoms with van der Waals surface area (Å²) in [5.74, 6) is 1.59. The van der Waals surface area contributed by atoms with E-state index in [1.165, 1.54) is 11.1 Å². The molecule has 0 aliphatic rings. The lowest BCUT2D eigenvalue weighted by Gasteiger charge is -2.07. The maximum absolute atomic E-state index is 11.3. The van der Waals surface area contributed by atoms with Crippen molar-refractivity contribution in [1.29, 1.82) is 0 Å². The first-order valence-electron chi connectivity index (χ1n) is 8.16. The van der Waals surface area contributed by atoms with E-state index in [9.17, 15) is 4.79 Å². The molecule has 122 valence electrons. The number of carbonyl (C=O) groups excluding carboxylic acids is 1. The first kappa shape index (κ1) is 17.1. The first-order chi connectivity index (χ1) is 11.2. The van der Waals surface area contributed by atoms with Crippen LogP contribution in [0.5, 0.6) is 11.5 Å². The molecule has 0 saturated carbocycles. The van der Waals surface area contributed by atoms with Gasteiger partial charge < -0.3 is 9.47 Å². The molecule has 0 N–H and O–H groups in total. The molecule has 2 rings (SSSR count). The number of hydrogen-bond donors (Lipinski definition) is 0. The molecule has 0 aliphatic carbocycles. The van der Waals surface area contributed by atoms with E-state index in [0.29, 0.717) is 13.0 Å². The molecule has 23 heavy (non-hydrogen) atoms. The van der Waals surface area contributed by atoms with Crippen LogP contribution in [0, 0.1) is 6.92 Å². The molecule has 2 aromatic carbocycles. The Balaban J connectivity index is 1.77. The lowest BCUT2D eigenvalue weighted by molar-refractivity contribution is -0.143. The van der Waals surface area contributed by atoms with Crippen LogP contribution in [0.3, 0.4) is 0 Å². The van der Waals surface area contributed by atoms with Crippen LogP contribution < -0.4 is 4.74 Å². The number of esters is 1. The van der Waals surface area contributed by atoms with E-state index in [-0.39, 0.29) is 5.97 Å². The second kappa shape index (κ2) is 8.99. The van der Waals surface area contributed by atoms with Crippen molar-refractivity contribution >= 4 is 5.97 Å². The molecule has 3 heteroatoms. The number of rotatable bonds is 8. The highest BCUT2D eigenvalue weighted by molar-refractivity contribution is 5.69. The van der Waals surface area contributed by atoms with Gasteiger partial charge in [0.2, 0.25) is 0 Å². The summed E-state index contributed by atoms with van der Waals surface area (Å²) in [4.78, 5) is 11.3. The lowest BCUT2D eigenvalue weighted by Crippen LogP contribution is -2.03. The Labute approximate surface area is 138 Å². The first-order valence-corrected chi connectivity index (χ1v) is 8.16. The SMILES string of the molecule is CCOC(=O)CCCCc1ccc(Oc2cccc(C)c2)cc1. The van der Waals surface area contributed by atoms with Gasteiger partial charge >= 0.3 is 5.97 Å². The molecule has 0 aliphatic heterocycles. The fourth-order valence-electron chi connectivity index (χ4n) is 2.37. The zero-order chi connectivity index (χ0) is 16.5. The quantitative estimate of drug-likeness (QED) is 0.504. The number of unbranched alkanes of at least 4 members (excludes halogenated alkanes) is 1. The van der Waals surface area contributed by atoms with Gasteiger partial charge in [-0.05, 0) is 68.5 Å². The van der Waals surface area contributed by atoms with Crippen LogP contribution in [0.2, 0.25) is 0 Å². The Morgan fingerprint density at radius 1 is 1.00 bits per heavy atom. The van der Waals surface area contributed by atoms with E-state index in [0.717, 1.165) is 30.8 Å². The number of carbonyl (C=O) groups is 1. The van der Waals surface area contributed by atoms with Gasteiger partial charge in [-0.25, -0.2) is 0 Å². The molecular weight excluding hydrogens is 288 g/mol. The maximum Gasteiger partial charge on any atom is 0.305 e. The predicted molar refractivity (Wildman–Crippen MR) is 91.9 cm³/mol. The van der Waals surface area contributed by atoms with Crippen molar-refractivity contribution in [3.63, 3.8) is 0 Å². The highest BCUT2D eigenvalue weighted by Gasteiger charge is 2.02. The molecule has 0 spiro atoms. The molecule has 0 amide bonds. The van der Waals surface area contributed by atoms with Gasteiger partial charge in [0.05, 0.1) is 6.61 Å². The van der Waals surface area contributed by atoms with E-state index in [1.54, 1.807) is 0 Å². The Morgan fingerprint density at radius 2 is 1.78 bits per heavy atom. The van der Waals surface area contributed by atoms with Gasteiger partial charge in [-0.2, -0.15) is 0 Å². The van der Waals surface area contributed by atoms with Gasteiger partial charge in [-0.15, -0.1) is 0 Å². The molecule has 0 atom stereocenters. The molecule has 0 radical (unpaired) electrons. The Kier molecular flexibility index (Phi) is 6.67. The van der Waals surface area contributed by atoms with Crippen LogP contribution in [0.25, 0.3) is 0 Å². The summed E-state index contributed by atoms with van der Waals surface area (Å²) in [5.41, 5.74) is 2.44. The molecule has 0 saturated heterocycles. The minimum atomic E-state index is -0.102. The smallest absolute Gasteiger partial charge is 0.305 e. The largest absolute Gasteiger partial charge is 0.466 e. The maximum atomic E-state index is 11.3. The topological polar surface area (TPSA) is 35.5 Å². The molecular formula is C20H24O3. The third kappa shape index (κ3) is 6.15. The van der Waals surface area contributed by atoms with Gasteiger partial charge in [0.25, 0.3) is 0 Å². The van der Waals surface area contributed by atoms with Crippen molar-refractivity contribution in [2.45, 2.75) is 39.5 Å². The summed E-state index contributed by atoms with van der Waals surface area (Å²) in [7, 11) is 0. The average Bonchev–Trinajstić information content (AvgIpc) is 2.53. The Bertz CT molecular complexity index is 617. The summed E-state index contributed by atoms with van der Waals surface area (Å²) in [6.45, 7) is 4.34. The van der Waals surface area contributed by atoms with Crippen LogP contribution in [0.15, 0.2) is 48.5 Å². The molecule has 2 aromatic rings. The van der Waals surface area contributed by atoms with E-state index in [4.69, 9.17) is 9.47 Å². The summed E-state index contributed by atoms with van der Waals surface area (Å²) in [6.07, 6.45) is 3.31. The molecule has 0 fully saturated rings. The summed E-state index contributed by atoms with van der Waals surface area (Å²) < 4.78 is 10.8. The molecule has 0 unspecified atom stereocenters. The Hall–Kier alpha value is -2.29. The summed E-state index contributed by atoms with van der Waals surface area (Å²) in [5, 5.41) is 0. The number of aryl methyl sites for hydroxylation is 2. The monoisotopic (exact) mass is 312 g/mol. The van der Waals surface area contributed by atoms with Crippen LogP contribution >= 0.6 is 0 Å². The zero-order valence-corrected chi connectivity index (χ0v) is 13.9. The van der Waals surface area contributed by atoms with E-state index in [2.05, 4.69) is 12.1 Å². The van der Waals surface area contributed by atoms with Gasteiger partial charge in [-0.3, -0.25) is 4.79 Å². The van der Waals surface area contributed by atoms with Gasteiger partial charge in [0, 0.05) is 6.42 Å². The van der Waals surface area contributed by atoms with Crippen LogP contribution in [-0.4, -0.2) is 12.6 Å². The lowest BCUT2D eigenvalue weighted by atomic mass is 10.1. The zero-order valence-electron chi connectivity index (χ0n) is 13.9. The number of hydrogen-bond acceptors (Lipinski definition) is 3. The van der Waals surface area contributed by atoms with E-state index in [1.807, 2.05) is 50.2 Å². The predicted octanol–water partition coefficient (Wildman–Crippen LogP) is 5.06. The van der Waals surface area contributed by atoms with Crippen molar-refractivity contribution in [3.05, 3.63) is 59.7 Å². The van der Waals surface area contributed by atoms with Crippen LogP contribution in [-0.2, 0) is 16.0 Å². The molecule has 0 aromatic heterocycles. The van der Waals surface area contributed by atoms with E-state index < -0.39 is 0 Å². The average molecular weight is 312 g/mol. The number of benzene rings is 2. The third-order valence-electron chi connectivity index (χ3n) is 3.55. The normalized spacial score (nSPS) is 10.3. The van der Waals surface area contributed by atoms with Crippen molar-refractivity contribution < 1.29 is 14.3 Å². The highest BCUT2D eigenvalue weighted by atomic mass is 16.5. The van der Waals surface area contributed by atoms with Crippen LogP contribution in [0.4, 0.5) is 0 Å². The van der Waals surface area contributed by atoms with Gasteiger partial charge in [0.15, 0.2) is 0 Å². The standard InChI is InChI=1S/C20H24O3/c1-3-22-20(21)10-5-4-8-17-11-13-18(14-12-17)23-19-9-6-7-16(2)15-19/h6-7,9,11-15H,3-5,8,10H2,1-2H3. The van der Waals surface area contributed by atoms with Crippen molar-refractivity contribution in [3.8, 4) is 11.5 Å². The van der Waals surface area contributed by atoms with Gasteiger partial charge in [-0.1, -0.05) is 24.3 Å². The minimum Gasteiger partial charge on any atom is -0.466 e. The fraction of sp³-hybridized carbons (Fsp3) is 0.350. The van der Waals surface area contributed by atoms with Crippen molar-refractivity contribution in [1.82, 2.24) is 0 Å². The second-order valence-electron chi connectivity index (χ2n) is 5.57. The highest BCUT2D eigenvalue weighted by Crippen LogP contribution is 2.22. The summed E-state index contributed by atoms with van der Waals surface area (Å²) >= 11 is 0. The minimum absolute atomic E-state index is 0.102. The fourth-order valence-corrected chi connectivity index (χ4v) is 2.37. The second-order valence-corrected chi connectivity index (χ2v) is 5.57. The van der Waals surface area contributed by atoms with E-state index >= 15 is 0 Å². The molecule has 0 heterocycles. The van der Waals surface area contributed by atoms with Crippen LogP contribution in [0.1, 0.15) is 37.3 Å².